The van der Waals surface area contributed by atoms with Gasteiger partial charge in [0.1, 0.15) is 5.82 Å². The van der Waals surface area contributed by atoms with Crippen molar-refractivity contribution < 1.29 is 4.39 Å². The van der Waals surface area contributed by atoms with Crippen molar-refractivity contribution in [1.29, 1.82) is 0 Å². The maximum Gasteiger partial charge on any atom is 0.223 e. The lowest BCUT2D eigenvalue weighted by atomic mass is 9.72. The van der Waals surface area contributed by atoms with Gasteiger partial charge in [-0.05, 0) is 52.9 Å². The van der Waals surface area contributed by atoms with Crippen molar-refractivity contribution in [3.05, 3.63) is 52.5 Å². The van der Waals surface area contributed by atoms with E-state index in [1.54, 1.807) is 12.4 Å². The van der Waals surface area contributed by atoms with E-state index in [1.807, 2.05) is 12.1 Å². The minimum atomic E-state index is -0.210. The van der Waals surface area contributed by atoms with Crippen LogP contribution in [0.25, 0.3) is 0 Å². The molecular weight excluding hydrogens is 309 g/mol. The molecule has 0 atom stereocenters. The molecule has 1 aromatic carbocycles. The molecule has 0 aliphatic heterocycles. The van der Waals surface area contributed by atoms with Crippen molar-refractivity contribution in [2.45, 2.75) is 24.8 Å². The van der Waals surface area contributed by atoms with Crippen molar-refractivity contribution in [2.24, 2.45) is 0 Å². The molecule has 19 heavy (non-hydrogen) atoms. The zero-order chi connectivity index (χ0) is 13.3. The van der Waals surface area contributed by atoms with Gasteiger partial charge in [-0.25, -0.2) is 14.4 Å². The number of aromatic nitrogens is 2. The number of hydrogen-bond acceptors (Lipinski definition) is 3. The van der Waals surface area contributed by atoms with Crippen LogP contribution in [0.2, 0.25) is 0 Å². The van der Waals surface area contributed by atoms with E-state index in [4.69, 9.17) is 0 Å². The number of halogens is 2. The Bertz CT molecular complexity index is 564. The van der Waals surface area contributed by atoms with Gasteiger partial charge in [-0.15, -0.1) is 0 Å². The van der Waals surface area contributed by atoms with E-state index in [0.29, 0.717) is 5.95 Å². The van der Waals surface area contributed by atoms with Gasteiger partial charge in [0.15, 0.2) is 0 Å². The zero-order valence-corrected chi connectivity index (χ0v) is 11.8. The van der Waals surface area contributed by atoms with Crippen LogP contribution in [-0.4, -0.2) is 9.97 Å². The lowest BCUT2D eigenvalue weighted by Gasteiger charge is -2.43. The summed E-state index contributed by atoms with van der Waals surface area (Å²) in [6.07, 6.45) is 6.61. The van der Waals surface area contributed by atoms with Crippen LogP contribution in [0, 0.1) is 5.82 Å². The number of benzene rings is 1. The number of nitrogens with one attached hydrogen (secondary N) is 1. The molecule has 0 saturated heterocycles. The highest BCUT2D eigenvalue weighted by atomic mass is 79.9. The normalized spacial score (nSPS) is 16.7. The highest BCUT2D eigenvalue weighted by Crippen LogP contribution is 2.43. The van der Waals surface area contributed by atoms with Gasteiger partial charge in [0.2, 0.25) is 5.95 Å². The number of nitrogens with zero attached hydrogens (tertiary/aromatic N) is 2. The summed E-state index contributed by atoms with van der Waals surface area (Å²) in [5, 5.41) is 3.39. The molecule has 3 rings (SSSR count). The summed E-state index contributed by atoms with van der Waals surface area (Å²) in [5.41, 5.74) is 0.938. The average molecular weight is 322 g/mol. The summed E-state index contributed by atoms with van der Waals surface area (Å²) in [4.78, 5) is 8.49. The molecule has 1 aliphatic carbocycles. The van der Waals surface area contributed by atoms with E-state index in [-0.39, 0.29) is 11.4 Å². The maximum absolute atomic E-state index is 13.0. The minimum absolute atomic E-state index is 0.151. The van der Waals surface area contributed by atoms with Crippen LogP contribution in [0.5, 0.6) is 0 Å². The summed E-state index contributed by atoms with van der Waals surface area (Å²) in [5.74, 6) is 0.394. The van der Waals surface area contributed by atoms with Crippen molar-refractivity contribution in [2.75, 3.05) is 5.32 Å². The van der Waals surface area contributed by atoms with Gasteiger partial charge in [0.05, 0.1) is 10.0 Å². The van der Waals surface area contributed by atoms with Crippen LogP contribution in [0.4, 0.5) is 10.3 Å². The third-order valence-electron chi connectivity index (χ3n) is 3.58. The Balaban J connectivity index is 1.87. The molecule has 98 valence electrons. The van der Waals surface area contributed by atoms with E-state index in [9.17, 15) is 4.39 Å². The Morgan fingerprint density at radius 2 is 1.74 bits per heavy atom. The topological polar surface area (TPSA) is 37.8 Å². The number of hydrogen-bond donors (Lipinski definition) is 1. The Kier molecular flexibility index (Phi) is 3.22. The monoisotopic (exact) mass is 321 g/mol. The number of anilines is 1. The molecule has 1 saturated carbocycles. The molecule has 0 unspecified atom stereocenters. The molecule has 5 heteroatoms. The van der Waals surface area contributed by atoms with Gasteiger partial charge in [-0.2, -0.15) is 0 Å². The Hall–Kier alpha value is -1.49. The maximum atomic E-state index is 13.0. The van der Waals surface area contributed by atoms with Crippen LogP contribution in [0.15, 0.2) is 41.1 Å². The zero-order valence-electron chi connectivity index (χ0n) is 10.2. The predicted molar refractivity (Wildman–Crippen MR) is 75.3 cm³/mol. The molecule has 0 spiro atoms. The minimum Gasteiger partial charge on any atom is -0.345 e. The quantitative estimate of drug-likeness (QED) is 0.932. The second-order valence-electron chi connectivity index (χ2n) is 4.79. The average Bonchev–Trinajstić information content (AvgIpc) is 2.37. The first kappa shape index (κ1) is 12.5. The Labute approximate surface area is 119 Å². The summed E-state index contributed by atoms with van der Waals surface area (Å²) in [7, 11) is 0. The lowest BCUT2D eigenvalue weighted by molar-refractivity contribution is 0.282. The summed E-state index contributed by atoms with van der Waals surface area (Å²) in [6.45, 7) is 0. The SMILES string of the molecule is Fc1ccc(C2(Nc3ncc(Br)cn3)CCC2)cc1. The van der Waals surface area contributed by atoms with E-state index in [1.165, 1.54) is 12.1 Å². The Morgan fingerprint density at radius 3 is 2.26 bits per heavy atom. The largest absolute Gasteiger partial charge is 0.345 e. The summed E-state index contributed by atoms with van der Waals surface area (Å²) >= 11 is 3.31. The van der Waals surface area contributed by atoms with E-state index in [0.717, 1.165) is 29.3 Å². The van der Waals surface area contributed by atoms with Gasteiger partial charge in [-0.3, -0.25) is 0 Å². The van der Waals surface area contributed by atoms with Gasteiger partial charge >= 0.3 is 0 Å². The third kappa shape index (κ3) is 2.47. The van der Waals surface area contributed by atoms with Crippen LogP contribution in [0.3, 0.4) is 0 Å². The first-order valence-electron chi connectivity index (χ1n) is 6.20. The van der Waals surface area contributed by atoms with E-state index in [2.05, 4.69) is 31.2 Å². The molecular formula is C14H13BrFN3. The van der Waals surface area contributed by atoms with Gasteiger partial charge in [0.25, 0.3) is 0 Å². The van der Waals surface area contributed by atoms with E-state index < -0.39 is 0 Å². The molecule has 0 radical (unpaired) electrons. The van der Waals surface area contributed by atoms with Crippen molar-refractivity contribution >= 4 is 21.9 Å². The molecule has 0 amide bonds. The van der Waals surface area contributed by atoms with Crippen molar-refractivity contribution in [3.63, 3.8) is 0 Å². The summed E-state index contributed by atoms with van der Waals surface area (Å²) < 4.78 is 13.9. The van der Waals surface area contributed by atoms with E-state index >= 15 is 0 Å². The molecule has 1 aliphatic rings. The fourth-order valence-electron chi connectivity index (χ4n) is 2.38. The molecule has 2 aromatic rings. The second kappa shape index (κ2) is 4.89. The van der Waals surface area contributed by atoms with Gasteiger partial charge in [-0.1, -0.05) is 12.1 Å². The Morgan fingerprint density at radius 1 is 1.11 bits per heavy atom. The highest BCUT2D eigenvalue weighted by molar-refractivity contribution is 9.10. The number of rotatable bonds is 3. The third-order valence-corrected chi connectivity index (χ3v) is 3.98. The second-order valence-corrected chi connectivity index (χ2v) is 5.71. The molecule has 1 aromatic heterocycles. The fourth-order valence-corrected chi connectivity index (χ4v) is 2.58. The predicted octanol–water partition coefficient (Wildman–Crippen LogP) is 3.87. The van der Waals surface area contributed by atoms with Crippen LogP contribution < -0.4 is 5.32 Å². The molecule has 1 fully saturated rings. The van der Waals surface area contributed by atoms with Crippen LogP contribution in [0.1, 0.15) is 24.8 Å². The summed E-state index contributed by atoms with van der Waals surface area (Å²) in [6, 6.07) is 6.67. The van der Waals surface area contributed by atoms with Crippen molar-refractivity contribution in [3.8, 4) is 0 Å². The van der Waals surface area contributed by atoms with Crippen LogP contribution >= 0.6 is 15.9 Å². The lowest BCUT2D eigenvalue weighted by Crippen LogP contribution is -2.42. The molecule has 3 nitrogen and oxygen atoms in total. The molecule has 1 N–H and O–H groups in total. The van der Waals surface area contributed by atoms with Crippen LogP contribution in [-0.2, 0) is 5.54 Å². The standard InChI is InChI=1S/C14H13BrFN3/c15-11-8-17-13(18-9-11)19-14(6-1-7-14)10-2-4-12(16)5-3-10/h2-5,8-9H,1,6-7H2,(H,17,18,19). The molecule has 1 heterocycles. The molecule has 0 bridgehead atoms. The first-order chi connectivity index (χ1) is 9.18. The fraction of sp³-hybridized carbons (Fsp3) is 0.286. The van der Waals surface area contributed by atoms with Gasteiger partial charge in [0, 0.05) is 12.4 Å². The van der Waals surface area contributed by atoms with Crippen molar-refractivity contribution in [1.82, 2.24) is 9.97 Å². The smallest absolute Gasteiger partial charge is 0.223 e. The van der Waals surface area contributed by atoms with Gasteiger partial charge < -0.3 is 5.32 Å². The highest BCUT2D eigenvalue weighted by Gasteiger charge is 2.39. The first-order valence-corrected chi connectivity index (χ1v) is 6.99.